The molecule has 1 aromatic carbocycles. The molecular formula is C11H9F2N3O. The van der Waals surface area contributed by atoms with E-state index in [1.54, 1.807) is 0 Å². The molecule has 0 unspecified atom stereocenters. The maximum Gasteiger partial charge on any atom is 0.168 e. The fourth-order valence-electron chi connectivity index (χ4n) is 2.06. The Kier molecular flexibility index (Phi) is 2.04. The number of nitrogens with one attached hydrogen (secondary N) is 1. The molecule has 0 aliphatic carbocycles. The molecule has 2 heterocycles. The monoisotopic (exact) mass is 237 g/mol. The average molecular weight is 237 g/mol. The summed E-state index contributed by atoms with van der Waals surface area (Å²) in [6.45, 7) is 0.353. The number of ether oxygens (including phenoxy) is 1. The van der Waals surface area contributed by atoms with Crippen molar-refractivity contribution in [1.82, 2.24) is 10.2 Å². The summed E-state index contributed by atoms with van der Waals surface area (Å²) in [6.07, 6.45) is 0.471. The van der Waals surface area contributed by atoms with Crippen molar-refractivity contribution >= 4 is 5.82 Å². The van der Waals surface area contributed by atoms with E-state index < -0.39 is 11.6 Å². The number of H-pyrrole nitrogens is 1. The van der Waals surface area contributed by atoms with Crippen LogP contribution in [0.3, 0.4) is 0 Å². The maximum absolute atomic E-state index is 13.8. The maximum atomic E-state index is 13.8. The van der Waals surface area contributed by atoms with E-state index >= 15 is 0 Å². The predicted molar refractivity (Wildman–Crippen MR) is 57.6 cm³/mol. The van der Waals surface area contributed by atoms with E-state index in [1.165, 1.54) is 6.07 Å². The van der Waals surface area contributed by atoms with Crippen LogP contribution in [0.1, 0.15) is 5.56 Å². The number of aromatic nitrogens is 2. The van der Waals surface area contributed by atoms with Gasteiger partial charge in [0.25, 0.3) is 0 Å². The molecule has 0 saturated heterocycles. The van der Waals surface area contributed by atoms with E-state index in [0.29, 0.717) is 24.3 Å². The van der Waals surface area contributed by atoms with Crippen LogP contribution in [0.5, 0.6) is 5.75 Å². The second-order valence-electron chi connectivity index (χ2n) is 3.83. The Hall–Kier alpha value is -2.11. The lowest BCUT2D eigenvalue weighted by Gasteiger charge is -2.07. The fourth-order valence-corrected chi connectivity index (χ4v) is 2.06. The van der Waals surface area contributed by atoms with E-state index in [0.717, 1.165) is 6.07 Å². The largest absolute Gasteiger partial charge is 0.490 e. The number of fused-ring (bicyclic) bond motifs is 1. The van der Waals surface area contributed by atoms with Gasteiger partial charge in [-0.2, -0.15) is 5.10 Å². The average Bonchev–Trinajstić information content (AvgIpc) is 2.87. The molecule has 17 heavy (non-hydrogen) atoms. The number of nitrogens with zero attached hydrogens (tertiary/aromatic N) is 1. The number of nitrogens with two attached hydrogens (primary N) is 1. The van der Waals surface area contributed by atoms with E-state index in [1.807, 2.05) is 0 Å². The molecule has 0 bridgehead atoms. The summed E-state index contributed by atoms with van der Waals surface area (Å²) in [6, 6.07) is 2.32. The molecule has 1 aliphatic rings. The van der Waals surface area contributed by atoms with Crippen LogP contribution in [0.25, 0.3) is 11.3 Å². The Labute approximate surface area is 95.4 Å². The molecule has 0 fully saturated rings. The molecule has 2 aromatic rings. The highest BCUT2D eigenvalue weighted by molar-refractivity contribution is 5.70. The first-order valence-electron chi connectivity index (χ1n) is 5.11. The molecule has 0 saturated carbocycles. The van der Waals surface area contributed by atoms with Crippen molar-refractivity contribution in [3.05, 3.63) is 29.3 Å². The number of nitrogen functional groups attached to an aromatic ring is 1. The van der Waals surface area contributed by atoms with Crippen LogP contribution in [0.15, 0.2) is 12.1 Å². The molecule has 0 spiro atoms. The van der Waals surface area contributed by atoms with Gasteiger partial charge in [-0.15, -0.1) is 0 Å². The molecule has 1 aromatic heterocycles. The third kappa shape index (κ3) is 1.44. The Balaban J connectivity index is 2.26. The number of hydrogen-bond donors (Lipinski definition) is 2. The van der Waals surface area contributed by atoms with Gasteiger partial charge in [0, 0.05) is 29.7 Å². The van der Waals surface area contributed by atoms with Crippen molar-refractivity contribution in [3.63, 3.8) is 0 Å². The molecule has 4 nitrogen and oxygen atoms in total. The van der Waals surface area contributed by atoms with Gasteiger partial charge in [-0.3, -0.25) is 5.10 Å². The third-order valence-electron chi connectivity index (χ3n) is 2.75. The van der Waals surface area contributed by atoms with Crippen molar-refractivity contribution in [2.45, 2.75) is 6.42 Å². The van der Waals surface area contributed by atoms with Crippen LogP contribution in [0.4, 0.5) is 14.6 Å². The zero-order valence-corrected chi connectivity index (χ0v) is 8.76. The van der Waals surface area contributed by atoms with Gasteiger partial charge in [-0.1, -0.05) is 0 Å². The van der Waals surface area contributed by atoms with Gasteiger partial charge in [0.15, 0.2) is 11.6 Å². The van der Waals surface area contributed by atoms with Crippen molar-refractivity contribution in [3.8, 4) is 17.0 Å². The van der Waals surface area contributed by atoms with Gasteiger partial charge in [0.05, 0.1) is 12.3 Å². The summed E-state index contributed by atoms with van der Waals surface area (Å²) >= 11 is 0. The lowest BCUT2D eigenvalue weighted by Crippen LogP contribution is -1.94. The first-order valence-corrected chi connectivity index (χ1v) is 5.11. The number of anilines is 1. The molecular weight excluding hydrogens is 228 g/mol. The number of benzene rings is 1. The fraction of sp³-hybridized carbons (Fsp3) is 0.182. The van der Waals surface area contributed by atoms with E-state index in [4.69, 9.17) is 10.5 Å². The Bertz CT molecular complexity index is 595. The zero-order valence-electron chi connectivity index (χ0n) is 8.76. The molecule has 0 amide bonds. The first kappa shape index (κ1) is 10.1. The second kappa shape index (κ2) is 3.44. The topological polar surface area (TPSA) is 63.9 Å². The Morgan fingerprint density at radius 1 is 1.29 bits per heavy atom. The summed E-state index contributed by atoms with van der Waals surface area (Å²) in [5.74, 6) is -0.937. The van der Waals surface area contributed by atoms with Gasteiger partial charge in [-0.05, 0) is 0 Å². The van der Waals surface area contributed by atoms with Crippen molar-refractivity contribution < 1.29 is 13.5 Å². The van der Waals surface area contributed by atoms with Crippen LogP contribution in [-0.4, -0.2) is 16.8 Å². The van der Waals surface area contributed by atoms with E-state index in [9.17, 15) is 8.78 Å². The number of hydrogen-bond acceptors (Lipinski definition) is 3. The van der Waals surface area contributed by atoms with Crippen LogP contribution >= 0.6 is 0 Å². The highest BCUT2D eigenvalue weighted by atomic mass is 19.1. The number of aromatic amines is 1. The van der Waals surface area contributed by atoms with Crippen LogP contribution in [0.2, 0.25) is 0 Å². The molecule has 1 aliphatic heterocycles. The first-order chi connectivity index (χ1) is 8.16. The summed E-state index contributed by atoms with van der Waals surface area (Å²) in [5, 5.41) is 6.35. The van der Waals surface area contributed by atoms with Gasteiger partial charge in [0.1, 0.15) is 11.6 Å². The lowest BCUT2D eigenvalue weighted by molar-refractivity contribution is 0.338. The minimum atomic E-state index is -0.675. The highest BCUT2D eigenvalue weighted by Crippen LogP contribution is 2.38. The molecule has 6 heteroatoms. The standard InChI is InChI=1S/C11H9F2N3O/c12-6-3-7(13)11-5(1-2-17-11)10(6)8-4-9(14)16-15-8/h3-4H,1-2H2,(H3,14,15,16). The third-order valence-corrected chi connectivity index (χ3v) is 2.75. The highest BCUT2D eigenvalue weighted by Gasteiger charge is 2.25. The molecule has 0 radical (unpaired) electrons. The second-order valence-corrected chi connectivity index (χ2v) is 3.83. The minimum Gasteiger partial charge on any atom is -0.490 e. The van der Waals surface area contributed by atoms with E-state index in [2.05, 4.69) is 10.2 Å². The molecule has 3 N–H and O–H groups in total. The summed E-state index contributed by atoms with van der Waals surface area (Å²) < 4.78 is 32.4. The smallest absolute Gasteiger partial charge is 0.168 e. The van der Waals surface area contributed by atoms with Gasteiger partial charge in [0.2, 0.25) is 0 Å². The quantitative estimate of drug-likeness (QED) is 0.795. The number of halogens is 2. The number of rotatable bonds is 1. The lowest BCUT2D eigenvalue weighted by atomic mass is 10.0. The predicted octanol–water partition coefficient (Wildman–Crippen LogP) is 1.87. The van der Waals surface area contributed by atoms with E-state index in [-0.39, 0.29) is 17.1 Å². The normalized spacial score (nSPS) is 13.5. The van der Waals surface area contributed by atoms with Gasteiger partial charge >= 0.3 is 0 Å². The molecule has 0 atom stereocenters. The van der Waals surface area contributed by atoms with Crippen LogP contribution < -0.4 is 10.5 Å². The van der Waals surface area contributed by atoms with Gasteiger partial charge < -0.3 is 10.5 Å². The molecule has 88 valence electrons. The van der Waals surface area contributed by atoms with Crippen molar-refractivity contribution in [1.29, 1.82) is 0 Å². The summed E-state index contributed by atoms with van der Waals surface area (Å²) in [4.78, 5) is 0. The summed E-state index contributed by atoms with van der Waals surface area (Å²) in [7, 11) is 0. The van der Waals surface area contributed by atoms with Gasteiger partial charge in [-0.25, -0.2) is 8.78 Å². The minimum absolute atomic E-state index is 0.120. The Morgan fingerprint density at radius 2 is 2.12 bits per heavy atom. The van der Waals surface area contributed by atoms with Crippen LogP contribution in [0, 0.1) is 11.6 Å². The summed E-state index contributed by atoms with van der Waals surface area (Å²) in [5.41, 5.74) is 6.70. The molecule has 3 rings (SSSR count). The zero-order chi connectivity index (χ0) is 12.0. The Morgan fingerprint density at radius 3 is 2.82 bits per heavy atom. The van der Waals surface area contributed by atoms with Crippen molar-refractivity contribution in [2.75, 3.05) is 12.3 Å². The van der Waals surface area contributed by atoms with Crippen LogP contribution in [-0.2, 0) is 6.42 Å². The van der Waals surface area contributed by atoms with Crippen molar-refractivity contribution in [2.24, 2.45) is 0 Å². The SMILES string of the molecule is Nc1cc(-c2c(F)cc(F)c3c2CCO3)[nH]n1.